The van der Waals surface area contributed by atoms with E-state index in [1.165, 1.54) is 3.97 Å². The fourth-order valence-electron chi connectivity index (χ4n) is 2.87. The summed E-state index contributed by atoms with van der Waals surface area (Å²) in [7, 11) is -3.66. The lowest BCUT2D eigenvalue weighted by atomic mass is 10.1. The predicted octanol–water partition coefficient (Wildman–Crippen LogP) is 5.40. The first-order chi connectivity index (χ1) is 11.9. The number of aryl methyl sites for hydroxylation is 2. The van der Waals surface area contributed by atoms with Gasteiger partial charge in [-0.15, -0.1) is 11.6 Å². The molecule has 132 valence electrons. The van der Waals surface area contributed by atoms with E-state index in [1.807, 2.05) is 13.0 Å². The van der Waals surface area contributed by atoms with Crippen LogP contribution in [0, 0.1) is 6.92 Å². The second kappa shape index (κ2) is 7.40. The van der Waals surface area contributed by atoms with Crippen LogP contribution in [0.3, 0.4) is 0 Å². The van der Waals surface area contributed by atoms with Crippen molar-refractivity contribution in [3.8, 4) is 0 Å². The highest BCUT2D eigenvalue weighted by Gasteiger charge is 2.21. The van der Waals surface area contributed by atoms with E-state index in [1.54, 1.807) is 42.6 Å². The minimum Gasteiger partial charge on any atom is -0.241 e. The van der Waals surface area contributed by atoms with E-state index in [-0.39, 0.29) is 4.90 Å². The lowest BCUT2D eigenvalue weighted by Gasteiger charge is -2.08. The first kappa shape index (κ1) is 18.3. The van der Waals surface area contributed by atoms with E-state index in [9.17, 15) is 8.42 Å². The van der Waals surface area contributed by atoms with Crippen molar-refractivity contribution < 1.29 is 8.42 Å². The highest BCUT2D eigenvalue weighted by Crippen LogP contribution is 2.29. The fraction of sp³-hybridized carbons (Fsp3) is 0.263. The van der Waals surface area contributed by atoms with Crippen molar-refractivity contribution in [1.29, 1.82) is 0 Å². The largest absolute Gasteiger partial charge is 0.268 e. The van der Waals surface area contributed by atoms with E-state index in [0.29, 0.717) is 16.4 Å². The van der Waals surface area contributed by atoms with Gasteiger partial charge in [0.1, 0.15) is 0 Å². The molecule has 0 spiro atoms. The van der Waals surface area contributed by atoms with Crippen molar-refractivity contribution in [3.63, 3.8) is 0 Å². The number of alkyl halides is 1. The van der Waals surface area contributed by atoms with Crippen LogP contribution >= 0.6 is 23.2 Å². The highest BCUT2D eigenvalue weighted by atomic mass is 35.5. The van der Waals surface area contributed by atoms with Crippen LogP contribution < -0.4 is 0 Å². The summed E-state index contributed by atoms with van der Waals surface area (Å²) in [5.41, 5.74) is 2.63. The number of fused-ring (bicyclic) bond motifs is 1. The molecule has 0 aliphatic heterocycles. The van der Waals surface area contributed by atoms with E-state index >= 15 is 0 Å². The van der Waals surface area contributed by atoms with Crippen LogP contribution in [0.25, 0.3) is 10.9 Å². The molecule has 3 aromatic rings. The van der Waals surface area contributed by atoms with Gasteiger partial charge in [0, 0.05) is 22.5 Å². The monoisotopic (exact) mass is 395 g/mol. The van der Waals surface area contributed by atoms with Gasteiger partial charge in [0.2, 0.25) is 0 Å². The predicted molar refractivity (Wildman–Crippen MR) is 104 cm³/mol. The van der Waals surface area contributed by atoms with Gasteiger partial charge in [-0.3, -0.25) is 0 Å². The molecule has 2 aromatic carbocycles. The zero-order chi connectivity index (χ0) is 18.0. The third-order valence-corrected chi connectivity index (χ3v) is 6.41. The highest BCUT2D eigenvalue weighted by molar-refractivity contribution is 7.90. The quantitative estimate of drug-likeness (QED) is 0.413. The van der Waals surface area contributed by atoms with Crippen LogP contribution in [0.5, 0.6) is 0 Å². The molecule has 0 saturated carbocycles. The van der Waals surface area contributed by atoms with Crippen molar-refractivity contribution in [1.82, 2.24) is 3.97 Å². The van der Waals surface area contributed by atoms with Gasteiger partial charge in [-0.2, -0.15) is 0 Å². The molecule has 3 rings (SSSR count). The molecule has 25 heavy (non-hydrogen) atoms. The van der Waals surface area contributed by atoms with Crippen molar-refractivity contribution >= 4 is 44.1 Å². The summed E-state index contributed by atoms with van der Waals surface area (Å²) < 4.78 is 27.6. The van der Waals surface area contributed by atoms with Gasteiger partial charge >= 0.3 is 0 Å². The van der Waals surface area contributed by atoms with Gasteiger partial charge in [-0.05, 0) is 62.1 Å². The average Bonchev–Trinajstić information content (AvgIpc) is 2.94. The van der Waals surface area contributed by atoms with Gasteiger partial charge in [-0.1, -0.05) is 29.3 Å². The normalized spacial score (nSPS) is 12.0. The third kappa shape index (κ3) is 3.71. The van der Waals surface area contributed by atoms with Gasteiger partial charge in [0.15, 0.2) is 0 Å². The molecule has 0 N–H and O–H groups in total. The Kier molecular flexibility index (Phi) is 5.42. The summed E-state index contributed by atoms with van der Waals surface area (Å²) in [4.78, 5) is 0.275. The second-order valence-corrected chi connectivity index (χ2v) is 8.71. The van der Waals surface area contributed by atoms with E-state index < -0.39 is 10.0 Å². The zero-order valence-corrected chi connectivity index (χ0v) is 16.2. The van der Waals surface area contributed by atoms with Crippen molar-refractivity contribution in [2.75, 3.05) is 5.88 Å². The Morgan fingerprint density at radius 1 is 1.04 bits per heavy atom. The molecule has 0 fully saturated rings. The number of halogens is 2. The van der Waals surface area contributed by atoms with Crippen molar-refractivity contribution in [2.24, 2.45) is 0 Å². The Labute approximate surface area is 158 Å². The maximum absolute atomic E-state index is 13.1. The molecule has 0 unspecified atom stereocenters. The molecule has 0 saturated heterocycles. The maximum Gasteiger partial charge on any atom is 0.268 e. The zero-order valence-electron chi connectivity index (χ0n) is 13.9. The Morgan fingerprint density at radius 3 is 2.44 bits per heavy atom. The summed E-state index contributed by atoms with van der Waals surface area (Å²) in [6, 6.07) is 12.2. The van der Waals surface area contributed by atoms with Crippen LogP contribution in [0.1, 0.15) is 24.0 Å². The number of hydrogen-bond acceptors (Lipinski definition) is 2. The molecule has 0 bridgehead atoms. The minimum atomic E-state index is -3.66. The van der Waals surface area contributed by atoms with Crippen LogP contribution in [0.4, 0.5) is 0 Å². The lowest BCUT2D eigenvalue weighted by molar-refractivity contribution is 0.589. The molecule has 0 amide bonds. The van der Waals surface area contributed by atoms with E-state index in [0.717, 1.165) is 35.8 Å². The molecule has 6 heteroatoms. The summed E-state index contributed by atoms with van der Waals surface area (Å²) >= 11 is 11.9. The van der Waals surface area contributed by atoms with Crippen LogP contribution in [0.15, 0.2) is 53.6 Å². The molecule has 1 heterocycles. The summed E-state index contributed by atoms with van der Waals surface area (Å²) in [6.07, 6.45) is 4.27. The molecule has 0 aliphatic rings. The first-order valence-electron chi connectivity index (χ1n) is 8.11. The number of nitrogens with zero attached hydrogens (tertiary/aromatic N) is 1. The van der Waals surface area contributed by atoms with Gasteiger partial charge < -0.3 is 0 Å². The summed E-state index contributed by atoms with van der Waals surface area (Å²) in [5.74, 6) is 0.598. The van der Waals surface area contributed by atoms with Crippen LogP contribution in [-0.4, -0.2) is 18.3 Å². The van der Waals surface area contributed by atoms with Crippen molar-refractivity contribution in [2.45, 2.75) is 31.1 Å². The second-order valence-electron chi connectivity index (χ2n) is 6.08. The standard InChI is InChI=1S/C19H19Cl2NO2S/c1-14-5-8-17(9-6-14)25(23,24)22-13-15(4-2-3-11-20)18-12-16(21)7-10-19(18)22/h5-10,12-13H,2-4,11H2,1H3. The van der Waals surface area contributed by atoms with Crippen molar-refractivity contribution in [3.05, 3.63) is 64.8 Å². The fourth-order valence-corrected chi connectivity index (χ4v) is 4.62. The molecule has 3 nitrogen and oxygen atoms in total. The molecular formula is C19H19Cl2NO2S. The molecule has 0 atom stereocenters. The molecule has 0 radical (unpaired) electrons. The molecule has 0 aliphatic carbocycles. The number of hydrogen-bond donors (Lipinski definition) is 0. The average molecular weight is 396 g/mol. The number of rotatable bonds is 6. The van der Waals surface area contributed by atoms with Gasteiger partial charge in [0.05, 0.1) is 10.4 Å². The van der Waals surface area contributed by atoms with Crippen LogP contribution in [0.2, 0.25) is 5.02 Å². The first-order valence-corrected chi connectivity index (χ1v) is 10.5. The van der Waals surface area contributed by atoms with Crippen LogP contribution in [-0.2, 0) is 16.4 Å². The number of unbranched alkanes of at least 4 members (excludes halogenated alkanes) is 1. The third-order valence-electron chi connectivity index (χ3n) is 4.22. The smallest absolute Gasteiger partial charge is 0.241 e. The number of aromatic nitrogens is 1. The maximum atomic E-state index is 13.1. The molecular weight excluding hydrogens is 377 g/mol. The topological polar surface area (TPSA) is 39.1 Å². The SMILES string of the molecule is Cc1ccc(S(=O)(=O)n2cc(CCCCCl)c3cc(Cl)ccc32)cc1. The lowest BCUT2D eigenvalue weighted by Crippen LogP contribution is -2.11. The van der Waals surface area contributed by atoms with Gasteiger partial charge in [0.25, 0.3) is 10.0 Å². The Morgan fingerprint density at radius 2 is 1.76 bits per heavy atom. The molecule has 1 aromatic heterocycles. The van der Waals surface area contributed by atoms with E-state index in [4.69, 9.17) is 23.2 Å². The Balaban J connectivity index is 2.13. The Bertz CT molecular complexity index is 992. The minimum absolute atomic E-state index is 0.275. The van der Waals surface area contributed by atoms with Gasteiger partial charge in [-0.25, -0.2) is 12.4 Å². The Hall–Kier alpha value is -1.49. The van der Waals surface area contributed by atoms with E-state index in [2.05, 4.69) is 0 Å². The number of benzene rings is 2. The summed E-state index contributed by atoms with van der Waals surface area (Å²) in [6.45, 7) is 1.93. The summed E-state index contributed by atoms with van der Waals surface area (Å²) in [5, 5.41) is 1.47.